The van der Waals surface area contributed by atoms with E-state index in [2.05, 4.69) is 0 Å². The average molecular weight is 190 g/mol. The highest BCUT2D eigenvalue weighted by atomic mass is 32.3. The minimum absolute atomic E-state index is 1.75. The van der Waals surface area contributed by atoms with Crippen molar-refractivity contribution in [1.29, 1.82) is 11.1 Å². The SMILES string of the molecule is N=NO.N=NO.O=S(=O)(O)O. The monoisotopic (exact) mass is 190 g/mol. The Kier molecular flexibility index (Phi) is 17.0. The molecule has 0 aliphatic rings. The molecule has 0 saturated heterocycles. The van der Waals surface area contributed by atoms with Gasteiger partial charge in [0.25, 0.3) is 0 Å². The van der Waals surface area contributed by atoms with Gasteiger partial charge in [-0.1, -0.05) is 0 Å². The van der Waals surface area contributed by atoms with Gasteiger partial charge in [-0.15, -0.1) is 0 Å². The molecular formula is H6N4O6S. The molecule has 6 N–H and O–H groups in total. The number of nitrogens with zero attached hydrogens (tertiary/aromatic N) is 2. The van der Waals surface area contributed by atoms with Gasteiger partial charge in [-0.2, -0.15) is 19.5 Å². The molecule has 10 nitrogen and oxygen atoms in total. The van der Waals surface area contributed by atoms with Crippen LogP contribution in [0.25, 0.3) is 0 Å². The van der Waals surface area contributed by atoms with Gasteiger partial charge in [0.05, 0.1) is 0 Å². The minimum atomic E-state index is -4.67. The second-order valence-electron chi connectivity index (χ2n) is 0.648. The van der Waals surface area contributed by atoms with E-state index in [1.54, 1.807) is 10.6 Å². The van der Waals surface area contributed by atoms with E-state index in [1.165, 1.54) is 0 Å². The van der Waals surface area contributed by atoms with Crippen molar-refractivity contribution in [2.45, 2.75) is 0 Å². The van der Waals surface area contributed by atoms with Gasteiger partial charge >= 0.3 is 10.4 Å². The highest BCUT2D eigenvalue weighted by Gasteiger charge is 1.84. The lowest BCUT2D eigenvalue weighted by Gasteiger charge is -1.68. The van der Waals surface area contributed by atoms with Crippen LogP contribution in [0.3, 0.4) is 0 Å². The van der Waals surface area contributed by atoms with E-state index in [0.29, 0.717) is 0 Å². The predicted molar refractivity (Wildman–Crippen MR) is 28.0 cm³/mol. The summed E-state index contributed by atoms with van der Waals surface area (Å²) in [4.78, 5) is 0. The molecule has 0 amide bonds. The normalized spacial score (nSPS) is 7.45. The molecule has 68 valence electrons. The van der Waals surface area contributed by atoms with E-state index in [0.717, 1.165) is 0 Å². The molecule has 0 fully saturated rings. The summed E-state index contributed by atoms with van der Waals surface area (Å²) in [6, 6.07) is 0. The lowest BCUT2D eigenvalue weighted by atomic mass is 13.1. The summed E-state index contributed by atoms with van der Waals surface area (Å²) >= 11 is 0. The standard InChI is InChI=1S/2H2N2O.H2O4S/c2*1-2-3;1-5(2,3)4/h2*(H2,1,3);(H2,1,2,3,4). The Labute approximate surface area is 61.0 Å². The van der Waals surface area contributed by atoms with E-state index in [9.17, 15) is 0 Å². The topological polar surface area (TPSA) is 187 Å². The molecule has 0 aromatic rings. The smallest absolute Gasteiger partial charge is 0.394 e. The van der Waals surface area contributed by atoms with Crippen molar-refractivity contribution >= 4 is 10.4 Å². The van der Waals surface area contributed by atoms with Gasteiger partial charge in [0.1, 0.15) is 0 Å². The quantitative estimate of drug-likeness (QED) is 0.179. The summed E-state index contributed by atoms with van der Waals surface area (Å²) in [5.74, 6) is 0. The second kappa shape index (κ2) is 11.5. The van der Waals surface area contributed by atoms with Crippen molar-refractivity contribution in [2.75, 3.05) is 0 Å². The fourth-order valence-electron chi connectivity index (χ4n) is 0. The second-order valence-corrected chi connectivity index (χ2v) is 1.54. The molecule has 0 rings (SSSR count). The Morgan fingerprint density at radius 1 is 1.00 bits per heavy atom. The first-order valence-corrected chi connectivity index (χ1v) is 2.94. The zero-order valence-electron chi connectivity index (χ0n) is 4.91. The van der Waals surface area contributed by atoms with E-state index >= 15 is 0 Å². The van der Waals surface area contributed by atoms with Gasteiger partial charge in [-0.25, -0.2) is 0 Å². The highest BCUT2D eigenvalue weighted by Crippen LogP contribution is 1.59. The first-order chi connectivity index (χ1) is 4.83. The molecular weight excluding hydrogens is 184 g/mol. The molecule has 11 heteroatoms. The van der Waals surface area contributed by atoms with Gasteiger partial charge < -0.3 is 10.4 Å². The number of rotatable bonds is 0. The maximum absolute atomic E-state index is 8.74. The largest absolute Gasteiger partial charge is 0.395 e. The summed E-state index contributed by atoms with van der Waals surface area (Å²) in [7, 11) is -4.67. The average Bonchev–Trinajstić information content (AvgIpc) is 1.62. The first kappa shape index (κ1) is 16.3. The van der Waals surface area contributed by atoms with Gasteiger partial charge in [-0.3, -0.25) is 9.11 Å². The van der Waals surface area contributed by atoms with Crippen LogP contribution in [0, 0.1) is 11.1 Å². The Morgan fingerprint density at radius 2 is 1.00 bits per heavy atom. The molecule has 0 unspecified atom stereocenters. The van der Waals surface area contributed by atoms with Crippen molar-refractivity contribution < 1.29 is 27.9 Å². The molecule has 0 aromatic heterocycles. The number of nitrogens with one attached hydrogen (secondary N) is 2. The fraction of sp³-hybridized carbons (Fsp3) is 0. The Bertz CT molecular complexity index is 155. The molecule has 0 heterocycles. The maximum atomic E-state index is 8.74. The molecule has 0 saturated carbocycles. The van der Waals surface area contributed by atoms with Gasteiger partial charge in [0.15, 0.2) is 0 Å². The lowest BCUT2D eigenvalue weighted by Crippen LogP contribution is -1.89. The summed E-state index contributed by atoms with van der Waals surface area (Å²) in [5.41, 5.74) is 10.8. The van der Waals surface area contributed by atoms with Crippen molar-refractivity contribution in [3.63, 3.8) is 0 Å². The maximum Gasteiger partial charge on any atom is 0.394 e. The van der Waals surface area contributed by atoms with Crippen molar-refractivity contribution in [2.24, 2.45) is 10.6 Å². The molecule has 11 heavy (non-hydrogen) atoms. The summed E-state index contributed by atoms with van der Waals surface area (Å²) < 4.78 is 31.6. The third-order valence-electron chi connectivity index (χ3n) is 0. The van der Waals surface area contributed by atoms with Crippen LogP contribution in [-0.4, -0.2) is 27.9 Å². The van der Waals surface area contributed by atoms with Gasteiger partial charge in [0, 0.05) is 10.6 Å². The van der Waals surface area contributed by atoms with E-state index in [4.69, 9.17) is 39.0 Å². The predicted octanol–water partition coefficient (Wildman–Crippen LogP) is 0.160. The van der Waals surface area contributed by atoms with Gasteiger partial charge in [-0.05, 0) is 0 Å². The summed E-state index contributed by atoms with van der Waals surface area (Å²) in [6.45, 7) is 0. The molecule has 0 spiro atoms. The Morgan fingerprint density at radius 3 is 1.00 bits per heavy atom. The first-order valence-electron chi connectivity index (χ1n) is 1.55. The van der Waals surface area contributed by atoms with Crippen LogP contribution >= 0.6 is 0 Å². The van der Waals surface area contributed by atoms with Gasteiger partial charge in [0.2, 0.25) is 0 Å². The van der Waals surface area contributed by atoms with Crippen LogP contribution in [0.1, 0.15) is 0 Å². The van der Waals surface area contributed by atoms with Crippen LogP contribution in [0.5, 0.6) is 0 Å². The zero-order chi connectivity index (χ0) is 9.91. The molecule has 0 aliphatic heterocycles. The van der Waals surface area contributed by atoms with E-state index in [1.807, 2.05) is 0 Å². The van der Waals surface area contributed by atoms with Crippen molar-refractivity contribution in [3.8, 4) is 0 Å². The van der Waals surface area contributed by atoms with Crippen LogP contribution in [0.2, 0.25) is 0 Å². The lowest BCUT2D eigenvalue weighted by molar-refractivity contribution is 0.274. The Balaban J connectivity index is -0.0000000933. The van der Waals surface area contributed by atoms with Crippen LogP contribution in [0.15, 0.2) is 10.6 Å². The molecule has 0 aromatic carbocycles. The van der Waals surface area contributed by atoms with Crippen LogP contribution in [-0.2, 0) is 10.4 Å². The summed E-state index contributed by atoms with van der Waals surface area (Å²) in [5, 5.41) is 17.2. The van der Waals surface area contributed by atoms with Crippen molar-refractivity contribution in [1.82, 2.24) is 0 Å². The molecule has 0 aliphatic carbocycles. The summed E-state index contributed by atoms with van der Waals surface area (Å²) in [6.07, 6.45) is 0. The third-order valence-corrected chi connectivity index (χ3v) is 0. The van der Waals surface area contributed by atoms with E-state index in [-0.39, 0.29) is 0 Å². The zero-order valence-corrected chi connectivity index (χ0v) is 5.72. The Hall–Kier alpha value is -1.33. The minimum Gasteiger partial charge on any atom is -0.395 e. The third kappa shape index (κ3) is 218. The molecule has 0 atom stereocenters. The molecule has 0 radical (unpaired) electrons. The highest BCUT2D eigenvalue weighted by molar-refractivity contribution is 7.79. The van der Waals surface area contributed by atoms with Crippen LogP contribution < -0.4 is 0 Å². The van der Waals surface area contributed by atoms with Crippen molar-refractivity contribution in [3.05, 3.63) is 0 Å². The van der Waals surface area contributed by atoms with E-state index < -0.39 is 10.4 Å². The number of hydrogen-bond acceptors (Lipinski definition) is 6. The fourth-order valence-corrected chi connectivity index (χ4v) is 0. The van der Waals surface area contributed by atoms with Crippen LogP contribution in [0.4, 0.5) is 0 Å². The number of hydrogen-bond donors (Lipinski definition) is 6. The molecule has 0 bridgehead atoms.